The minimum Gasteiger partial charge on any atom is -0.489 e. The van der Waals surface area contributed by atoms with Gasteiger partial charge in [0.15, 0.2) is 0 Å². The van der Waals surface area contributed by atoms with Crippen LogP contribution in [0.3, 0.4) is 0 Å². The first-order valence-corrected chi connectivity index (χ1v) is 10.0. The number of hydrogen-bond donors (Lipinski definition) is 1. The second-order valence-electron chi connectivity index (χ2n) is 7.14. The zero-order valence-corrected chi connectivity index (χ0v) is 16.1. The molecule has 0 aliphatic carbocycles. The van der Waals surface area contributed by atoms with Crippen LogP contribution < -0.4 is 10.1 Å². The summed E-state index contributed by atoms with van der Waals surface area (Å²) in [5.74, 6) is 0.942. The molecule has 3 aromatic rings. The molecular formula is C24H27N3O. The highest BCUT2D eigenvalue weighted by molar-refractivity contribution is 5.41. The molecular weight excluding hydrogens is 346 g/mol. The highest BCUT2D eigenvalue weighted by Gasteiger charge is 2.26. The molecule has 0 spiro atoms. The third-order valence-corrected chi connectivity index (χ3v) is 5.19. The molecule has 1 aliphatic heterocycles. The number of para-hydroxylation sites is 1. The zero-order chi connectivity index (χ0) is 19.0. The van der Waals surface area contributed by atoms with E-state index in [0.29, 0.717) is 6.61 Å². The number of nitrogens with one attached hydrogen (secondary N) is 1. The summed E-state index contributed by atoms with van der Waals surface area (Å²) in [6.07, 6.45) is 4.96. The zero-order valence-electron chi connectivity index (χ0n) is 16.1. The Kier molecular flexibility index (Phi) is 6.32. The van der Waals surface area contributed by atoms with Gasteiger partial charge in [-0.2, -0.15) is 0 Å². The number of ether oxygens (including phenoxy) is 1. The predicted octanol–water partition coefficient (Wildman–Crippen LogP) is 4.05. The minimum atomic E-state index is 0.139. The molecule has 0 radical (unpaired) electrons. The number of nitrogens with zero attached hydrogens (tertiary/aromatic N) is 2. The molecule has 4 rings (SSSR count). The van der Waals surface area contributed by atoms with Crippen molar-refractivity contribution in [1.29, 1.82) is 0 Å². The molecule has 0 amide bonds. The fourth-order valence-corrected chi connectivity index (χ4v) is 3.82. The molecule has 0 saturated carbocycles. The Morgan fingerprint density at radius 2 is 1.79 bits per heavy atom. The van der Waals surface area contributed by atoms with Crippen LogP contribution in [0.5, 0.6) is 5.75 Å². The van der Waals surface area contributed by atoms with Gasteiger partial charge in [-0.3, -0.25) is 9.88 Å². The third-order valence-electron chi connectivity index (χ3n) is 5.19. The number of hydrogen-bond acceptors (Lipinski definition) is 4. The first-order valence-electron chi connectivity index (χ1n) is 10.0. The number of aromatic nitrogens is 1. The molecule has 1 atom stereocenters. The van der Waals surface area contributed by atoms with Crippen molar-refractivity contribution < 1.29 is 4.74 Å². The van der Waals surface area contributed by atoms with E-state index in [2.05, 4.69) is 51.6 Å². The Bertz CT molecular complexity index is 846. The molecule has 2 aromatic carbocycles. The predicted molar refractivity (Wildman–Crippen MR) is 112 cm³/mol. The van der Waals surface area contributed by atoms with E-state index in [1.807, 2.05) is 42.7 Å². The Morgan fingerprint density at radius 1 is 0.929 bits per heavy atom. The van der Waals surface area contributed by atoms with Crippen LogP contribution in [-0.4, -0.2) is 36.1 Å². The van der Waals surface area contributed by atoms with Crippen molar-refractivity contribution in [3.63, 3.8) is 0 Å². The summed E-state index contributed by atoms with van der Waals surface area (Å²) in [5, 5.41) is 3.51. The van der Waals surface area contributed by atoms with E-state index in [-0.39, 0.29) is 6.04 Å². The molecule has 4 heteroatoms. The van der Waals surface area contributed by atoms with E-state index in [0.717, 1.165) is 38.3 Å². The lowest BCUT2D eigenvalue weighted by atomic mass is 9.97. The van der Waals surface area contributed by atoms with Crippen molar-refractivity contribution in [1.82, 2.24) is 15.2 Å². The van der Waals surface area contributed by atoms with Crippen LogP contribution in [0.2, 0.25) is 0 Å². The van der Waals surface area contributed by atoms with Gasteiger partial charge in [-0.1, -0.05) is 54.6 Å². The normalized spacial score (nSPS) is 16.3. The lowest BCUT2D eigenvalue weighted by Crippen LogP contribution is -2.33. The fraction of sp³-hybridized carbons (Fsp3) is 0.292. The molecule has 1 aromatic heterocycles. The van der Waals surface area contributed by atoms with Gasteiger partial charge in [0.2, 0.25) is 0 Å². The summed E-state index contributed by atoms with van der Waals surface area (Å²) in [7, 11) is 0. The Hall–Kier alpha value is -2.69. The van der Waals surface area contributed by atoms with E-state index in [1.54, 1.807) is 0 Å². The molecule has 1 aliphatic rings. The van der Waals surface area contributed by atoms with Gasteiger partial charge in [0.05, 0.1) is 6.04 Å². The maximum Gasteiger partial charge on any atom is 0.124 e. The number of pyridine rings is 1. The van der Waals surface area contributed by atoms with Gasteiger partial charge in [0.1, 0.15) is 12.4 Å². The van der Waals surface area contributed by atoms with Crippen LogP contribution in [0.25, 0.3) is 0 Å². The topological polar surface area (TPSA) is 37.4 Å². The van der Waals surface area contributed by atoms with Crippen LogP contribution in [0.4, 0.5) is 0 Å². The lowest BCUT2D eigenvalue weighted by Gasteiger charge is -2.32. The third kappa shape index (κ3) is 4.58. The van der Waals surface area contributed by atoms with Gasteiger partial charge in [-0.15, -0.1) is 0 Å². The summed E-state index contributed by atoms with van der Waals surface area (Å²) in [5.41, 5.74) is 3.59. The summed E-state index contributed by atoms with van der Waals surface area (Å²) >= 11 is 0. The van der Waals surface area contributed by atoms with Crippen molar-refractivity contribution in [2.75, 3.05) is 26.2 Å². The largest absolute Gasteiger partial charge is 0.489 e. The van der Waals surface area contributed by atoms with Gasteiger partial charge >= 0.3 is 0 Å². The monoisotopic (exact) mass is 373 g/mol. The van der Waals surface area contributed by atoms with Crippen molar-refractivity contribution in [2.24, 2.45) is 0 Å². The first-order chi connectivity index (χ1) is 13.9. The maximum atomic E-state index is 6.29. The smallest absolute Gasteiger partial charge is 0.124 e. The molecule has 0 bridgehead atoms. The summed E-state index contributed by atoms with van der Waals surface area (Å²) < 4.78 is 6.29. The van der Waals surface area contributed by atoms with Crippen molar-refractivity contribution >= 4 is 0 Å². The van der Waals surface area contributed by atoms with Crippen molar-refractivity contribution in [3.05, 3.63) is 95.8 Å². The summed E-state index contributed by atoms with van der Waals surface area (Å²) in [6.45, 7) is 4.71. The first kappa shape index (κ1) is 18.7. The fourth-order valence-electron chi connectivity index (χ4n) is 3.82. The Balaban J connectivity index is 1.66. The van der Waals surface area contributed by atoms with E-state index in [4.69, 9.17) is 4.74 Å². The molecule has 1 N–H and O–H groups in total. The van der Waals surface area contributed by atoms with E-state index in [1.165, 1.54) is 16.7 Å². The second-order valence-corrected chi connectivity index (χ2v) is 7.14. The highest BCUT2D eigenvalue weighted by atomic mass is 16.5. The summed E-state index contributed by atoms with van der Waals surface area (Å²) in [4.78, 5) is 6.93. The van der Waals surface area contributed by atoms with E-state index < -0.39 is 0 Å². The van der Waals surface area contributed by atoms with Crippen LogP contribution in [0.15, 0.2) is 79.1 Å². The van der Waals surface area contributed by atoms with Gasteiger partial charge in [-0.05, 0) is 36.2 Å². The van der Waals surface area contributed by atoms with Gasteiger partial charge in [0.25, 0.3) is 0 Å². The molecule has 1 saturated heterocycles. The SMILES string of the molecule is c1ccc(COc2ccccc2C(c2cccnc2)N2CCCNCC2)cc1. The lowest BCUT2D eigenvalue weighted by molar-refractivity contribution is 0.230. The van der Waals surface area contributed by atoms with E-state index in [9.17, 15) is 0 Å². The number of benzene rings is 2. The molecule has 4 nitrogen and oxygen atoms in total. The highest BCUT2D eigenvalue weighted by Crippen LogP contribution is 2.35. The Labute approximate surface area is 167 Å². The quantitative estimate of drug-likeness (QED) is 0.707. The van der Waals surface area contributed by atoms with Crippen LogP contribution >= 0.6 is 0 Å². The molecule has 28 heavy (non-hydrogen) atoms. The van der Waals surface area contributed by atoms with Crippen LogP contribution in [0.1, 0.15) is 29.2 Å². The average Bonchev–Trinajstić information content (AvgIpc) is 3.04. The number of rotatable bonds is 6. The van der Waals surface area contributed by atoms with Crippen LogP contribution in [-0.2, 0) is 6.61 Å². The molecule has 1 fully saturated rings. The summed E-state index contributed by atoms with van der Waals surface area (Å²) in [6, 6.07) is 23.1. The second kappa shape index (κ2) is 9.49. The van der Waals surface area contributed by atoms with Crippen molar-refractivity contribution in [3.8, 4) is 5.75 Å². The van der Waals surface area contributed by atoms with Gasteiger partial charge in [-0.25, -0.2) is 0 Å². The van der Waals surface area contributed by atoms with E-state index >= 15 is 0 Å². The van der Waals surface area contributed by atoms with Gasteiger partial charge in [0, 0.05) is 37.6 Å². The molecule has 2 heterocycles. The minimum absolute atomic E-state index is 0.139. The molecule has 144 valence electrons. The Morgan fingerprint density at radius 3 is 2.64 bits per heavy atom. The van der Waals surface area contributed by atoms with Crippen molar-refractivity contribution in [2.45, 2.75) is 19.1 Å². The standard InChI is InChI=1S/C24H27N3O/c1-2-8-20(9-3-1)19-28-23-12-5-4-11-22(23)24(21-10-6-13-26-18-21)27-16-7-14-25-15-17-27/h1-6,8-13,18,24-25H,7,14-17,19H2. The maximum absolute atomic E-state index is 6.29. The van der Waals surface area contributed by atoms with Gasteiger partial charge < -0.3 is 10.1 Å². The molecule has 1 unspecified atom stereocenters. The average molecular weight is 374 g/mol. The van der Waals surface area contributed by atoms with Crippen LogP contribution in [0, 0.1) is 0 Å².